The number of hydrogen-bond donors (Lipinski definition) is 0. The van der Waals surface area contributed by atoms with Crippen LogP contribution in [0.4, 0.5) is 0 Å². The molecule has 0 N–H and O–H groups in total. The third-order valence-electron chi connectivity index (χ3n) is 6.78. The Labute approximate surface area is 189 Å². The Hall–Kier alpha value is -2.87. The highest BCUT2D eigenvalue weighted by Gasteiger charge is 2.34. The van der Waals surface area contributed by atoms with Gasteiger partial charge in [0.05, 0.1) is 29.5 Å². The third kappa shape index (κ3) is 3.03. The molecule has 1 aromatic carbocycles. The summed E-state index contributed by atoms with van der Waals surface area (Å²) in [6.07, 6.45) is 4.49. The average molecular weight is 452 g/mol. The smallest absolute Gasteiger partial charge is 0.264 e. The molecule has 0 unspecified atom stereocenters. The van der Waals surface area contributed by atoms with Gasteiger partial charge in [0.2, 0.25) is 0 Å². The van der Waals surface area contributed by atoms with Crippen LogP contribution in [-0.2, 0) is 13.0 Å². The number of carbonyl (C=O) groups excluding carboxylic acids is 1. The first-order valence-electron chi connectivity index (χ1n) is 11.3. The van der Waals surface area contributed by atoms with Crippen LogP contribution in [0.15, 0.2) is 23.0 Å². The molecule has 6 rings (SSSR count). The van der Waals surface area contributed by atoms with Crippen molar-refractivity contribution < 1.29 is 14.3 Å². The molecule has 0 spiro atoms. The minimum atomic E-state index is -0.0108. The van der Waals surface area contributed by atoms with Crippen LogP contribution in [-0.4, -0.2) is 40.1 Å². The number of nitrogens with zero attached hydrogens (tertiary/aromatic N) is 3. The van der Waals surface area contributed by atoms with Crippen molar-refractivity contribution >= 4 is 27.5 Å². The molecule has 3 aromatic rings. The third-order valence-corrected chi connectivity index (χ3v) is 7.95. The Bertz CT molecular complexity index is 1290. The lowest BCUT2D eigenvalue weighted by Gasteiger charge is -2.25. The molecule has 166 valence electrons. The first-order valence-corrected chi connectivity index (χ1v) is 12.2. The zero-order chi connectivity index (χ0) is 21.8. The zero-order valence-corrected chi connectivity index (χ0v) is 18.9. The fraction of sp³-hybridized carbons (Fsp3) is 0.458. The first kappa shape index (κ1) is 19.8. The lowest BCUT2D eigenvalue weighted by Crippen LogP contribution is -2.30. The summed E-state index contributed by atoms with van der Waals surface area (Å²) in [6, 6.07) is 6.00. The monoisotopic (exact) mass is 451 g/mol. The molecule has 0 saturated carbocycles. The van der Waals surface area contributed by atoms with Crippen molar-refractivity contribution in [2.24, 2.45) is 0 Å². The van der Waals surface area contributed by atoms with E-state index in [4.69, 9.17) is 14.5 Å². The molecule has 3 aliphatic heterocycles. The van der Waals surface area contributed by atoms with Gasteiger partial charge >= 0.3 is 0 Å². The number of benzene rings is 1. The van der Waals surface area contributed by atoms with Gasteiger partial charge in [0.25, 0.3) is 11.5 Å². The fourth-order valence-electron chi connectivity index (χ4n) is 5.15. The maximum Gasteiger partial charge on any atom is 0.264 e. The maximum absolute atomic E-state index is 13.7. The molecule has 0 radical (unpaired) electrons. The molecular formula is C24H25N3O4S. The van der Waals surface area contributed by atoms with Gasteiger partial charge in [-0.15, -0.1) is 11.3 Å². The topological polar surface area (TPSA) is 73.7 Å². The summed E-state index contributed by atoms with van der Waals surface area (Å²) in [4.78, 5) is 34.7. The van der Waals surface area contributed by atoms with Crippen LogP contribution in [0.25, 0.3) is 10.2 Å². The summed E-state index contributed by atoms with van der Waals surface area (Å²) >= 11 is 1.36. The number of aromatic nitrogens is 2. The minimum Gasteiger partial charge on any atom is -0.490 e. The average Bonchev–Trinajstić information content (AvgIpc) is 3.49. The molecule has 8 heteroatoms. The second-order valence-corrected chi connectivity index (χ2v) is 9.74. The van der Waals surface area contributed by atoms with Crippen molar-refractivity contribution in [2.45, 2.75) is 51.6 Å². The van der Waals surface area contributed by atoms with E-state index in [1.807, 2.05) is 30.0 Å². The SMILES string of the molecule is Cc1c(C(=O)N2CCC[C@@H]2c2ccc3c(c2)OCCCO3)sc2nc3n(c(=O)c12)CCC3. The Kier molecular flexibility index (Phi) is 4.71. The van der Waals surface area contributed by atoms with Crippen LogP contribution >= 0.6 is 11.3 Å². The van der Waals surface area contributed by atoms with Crippen molar-refractivity contribution in [3.8, 4) is 11.5 Å². The minimum absolute atomic E-state index is 0.00354. The fourth-order valence-corrected chi connectivity index (χ4v) is 6.30. The van der Waals surface area contributed by atoms with E-state index in [1.165, 1.54) is 11.3 Å². The van der Waals surface area contributed by atoms with Crippen molar-refractivity contribution in [3.63, 3.8) is 0 Å². The molecular weight excluding hydrogens is 426 g/mol. The summed E-state index contributed by atoms with van der Waals surface area (Å²) in [5.41, 5.74) is 1.83. The summed E-state index contributed by atoms with van der Waals surface area (Å²) in [5, 5.41) is 0.607. The number of amides is 1. The van der Waals surface area contributed by atoms with Crippen LogP contribution in [0.3, 0.4) is 0 Å². The molecule has 1 saturated heterocycles. The lowest BCUT2D eigenvalue weighted by molar-refractivity contribution is 0.0740. The van der Waals surface area contributed by atoms with Crippen LogP contribution in [0.5, 0.6) is 11.5 Å². The highest BCUT2D eigenvalue weighted by atomic mass is 32.1. The molecule has 1 atom stereocenters. The molecule has 7 nitrogen and oxygen atoms in total. The van der Waals surface area contributed by atoms with Gasteiger partial charge in [0.1, 0.15) is 10.7 Å². The Morgan fingerprint density at radius 3 is 2.84 bits per heavy atom. The summed E-state index contributed by atoms with van der Waals surface area (Å²) < 4.78 is 13.4. The molecule has 0 bridgehead atoms. The summed E-state index contributed by atoms with van der Waals surface area (Å²) in [6.45, 7) is 4.60. The summed E-state index contributed by atoms with van der Waals surface area (Å²) in [7, 11) is 0. The maximum atomic E-state index is 13.7. The summed E-state index contributed by atoms with van der Waals surface area (Å²) in [5.74, 6) is 2.35. The zero-order valence-electron chi connectivity index (χ0n) is 18.1. The van der Waals surface area contributed by atoms with Gasteiger partial charge in [-0.05, 0) is 49.4 Å². The lowest BCUT2D eigenvalue weighted by atomic mass is 10.0. The van der Waals surface area contributed by atoms with E-state index in [9.17, 15) is 9.59 Å². The van der Waals surface area contributed by atoms with E-state index < -0.39 is 0 Å². The Balaban J connectivity index is 1.36. The highest BCUT2D eigenvalue weighted by molar-refractivity contribution is 7.20. The number of carbonyl (C=O) groups is 1. The van der Waals surface area contributed by atoms with E-state index in [0.29, 0.717) is 41.4 Å². The van der Waals surface area contributed by atoms with E-state index in [0.717, 1.165) is 60.6 Å². The Morgan fingerprint density at radius 2 is 1.97 bits per heavy atom. The van der Waals surface area contributed by atoms with Crippen molar-refractivity contribution in [1.82, 2.24) is 14.5 Å². The van der Waals surface area contributed by atoms with E-state index in [1.54, 1.807) is 4.57 Å². The number of ether oxygens (including phenoxy) is 2. The van der Waals surface area contributed by atoms with Gasteiger partial charge in [0, 0.05) is 25.9 Å². The van der Waals surface area contributed by atoms with Crippen LogP contribution in [0, 0.1) is 6.92 Å². The van der Waals surface area contributed by atoms with Crippen molar-refractivity contribution in [3.05, 3.63) is 50.4 Å². The molecule has 1 fully saturated rings. The van der Waals surface area contributed by atoms with Gasteiger partial charge in [-0.25, -0.2) is 4.98 Å². The molecule has 32 heavy (non-hydrogen) atoms. The van der Waals surface area contributed by atoms with E-state index in [2.05, 4.69) is 0 Å². The first-order chi connectivity index (χ1) is 15.6. The second-order valence-electron chi connectivity index (χ2n) is 8.74. The molecule has 5 heterocycles. The highest BCUT2D eigenvalue weighted by Crippen LogP contribution is 2.40. The van der Waals surface area contributed by atoms with E-state index in [-0.39, 0.29) is 17.5 Å². The standard InChI is InChI=1S/C24H25N3O4S/c1-14-20-22(25-19-6-3-10-27(19)23(20)28)32-21(14)24(29)26-9-2-5-16(26)15-7-8-17-18(13-15)31-12-4-11-30-17/h7-8,13,16H,2-6,9-12H2,1H3/t16-/m1/s1. The van der Waals surface area contributed by atoms with E-state index >= 15 is 0 Å². The number of thiophene rings is 1. The second kappa shape index (κ2) is 7.62. The van der Waals surface area contributed by atoms with Crippen LogP contribution in [0.2, 0.25) is 0 Å². The van der Waals surface area contributed by atoms with Gasteiger partial charge in [-0.3, -0.25) is 14.2 Å². The molecule has 1 amide bonds. The quantitative estimate of drug-likeness (QED) is 0.592. The predicted molar refractivity (Wildman–Crippen MR) is 122 cm³/mol. The number of likely N-dealkylation sites (tertiary alicyclic amines) is 1. The predicted octanol–water partition coefficient (Wildman–Crippen LogP) is 3.85. The normalized spacial score (nSPS) is 19.9. The number of fused-ring (bicyclic) bond motifs is 3. The van der Waals surface area contributed by atoms with Crippen molar-refractivity contribution in [2.75, 3.05) is 19.8 Å². The Morgan fingerprint density at radius 1 is 1.12 bits per heavy atom. The van der Waals surface area contributed by atoms with Crippen molar-refractivity contribution in [1.29, 1.82) is 0 Å². The molecule has 0 aliphatic carbocycles. The largest absolute Gasteiger partial charge is 0.490 e. The number of hydrogen-bond acceptors (Lipinski definition) is 6. The van der Waals surface area contributed by atoms with Crippen LogP contribution < -0.4 is 15.0 Å². The van der Waals surface area contributed by atoms with Crippen LogP contribution in [0.1, 0.15) is 58.3 Å². The molecule has 3 aliphatic rings. The number of aryl methyl sites for hydroxylation is 2. The molecule has 2 aromatic heterocycles. The number of rotatable bonds is 2. The van der Waals surface area contributed by atoms with Gasteiger partial charge in [-0.1, -0.05) is 6.07 Å². The van der Waals surface area contributed by atoms with Gasteiger partial charge in [0.15, 0.2) is 11.5 Å². The van der Waals surface area contributed by atoms with Gasteiger partial charge in [-0.2, -0.15) is 0 Å². The van der Waals surface area contributed by atoms with Gasteiger partial charge < -0.3 is 14.4 Å².